The van der Waals surface area contributed by atoms with Crippen LogP contribution in [0.3, 0.4) is 0 Å². The average Bonchev–Trinajstić information content (AvgIpc) is 2.75. The summed E-state index contributed by atoms with van der Waals surface area (Å²) in [5.74, 6) is 7.41. The van der Waals surface area contributed by atoms with Gasteiger partial charge in [0.1, 0.15) is 0 Å². The molecule has 1 aliphatic heterocycles. The number of hydrogen-bond acceptors (Lipinski definition) is 5. The van der Waals surface area contributed by atoms with E-state index in [2.05, 4.69) is 47.1 Å². The van der Waals surface area contributed by atoms with Crippen molar-refractivity contribution in [3.05, 3.63) is 59.7 Å². The molecule has 1 saturated heterocycles. The standard InChI is InChI=1S/C25H30N2O3/c1-2-29-25(28)30-24-19-21(11-12-23(24)26)10-6-7-15-27-16-13-22(14-17-27)18-20-8-4-3-5-9-20/h3-5,8-9,11-12,19,22H,2,7,13-18,26H2,1H3. The van der Waals surface area contributed by atoms with Crippen LogP contribution in [0.1, 0.15) is 37.3 Å². The molecular formula is C25H30N2O3. The summed E-state index contributed by atoms with van der Waals surface area (Å²) >= 11 is 0. The molecule has 1 fully saturated rings. The van der Waals surface area contributed by atoms with Crippen molar-refractivity contribution in [3.8, 4) is 17.6 Å². The van der Waals surface area contributed by atoms with Crippen LogP contribution < -0.4 is 10.5 Å². The average molecular weight is 407 g/mol. The summed E-state index contributed by atoms with van der Waals surface area (Å²) < 4.78 is 9.91. The van der Waals surface area contributed by atoms with Gasteiger partial charge in [-0.05, 0) is 69.0 Å². The third-order valence-electron chi connectivity index (χ3n) is 5.33. The zero-order valence-corrected chi connectivity index (χ0v) is 17.6. The number of anilines is 1. The first-order valence-corrected chi connectivity index (χ1v) is 10.6. The van der Waals surface area contributed by atoms with E-state index < -0.39 is 6.16 Å². The van der Waals surface area contributed by atoms with Gasteiger partial charge in [-0.15, -0.1) is 0 Å². The first-order valence-electron chi connectivity index (χ1n) is 10.6. The van der Waals surface area contributed by atoms with Crippen molar-refractivity contribution in [2.75, 3.05) is 32.0 Å². The molecule has 0 radical (unpaired) electrons. The molecule has 0 saturated carbocycles. The van der Waals surface area contributed by atoms with Gasteiger partial charge in [0.2, 0.25) is 0 Å². The molecule has 0 atom stereocenters. The predicted octanol–water partition coefficient (Wildman–Crippen LogP) is 4.50. The molecule has 0 spiro atoms. The number of carbonyl (C=O) groups excluding carboxylic acids is 1. The number of hydrogen-bond donors (Lipinski definition) is 1. The lowest BCUT2D eigenvalue weighted by Crippen LogP contribution is -2.34. The maximum atomic E-state index is 11.5. The van der Waals surface area contributed by atoms with E-state index in [0.717, 1.165) is 37.5 Å². The van der Waals surface area contributed by atoms with Crippen LogP contribution in [-0.4, -0.2) is 37.3 Å². The Labute approximate surface area is 179 Å². The monoisotopic (exact) mass is 406 g/mol. The largest absolute Gasteiger partial charge is 0.513 e. The van der Waals surface area contributed by atoms with Crippen molar-refractivity contribution in [1.82, 2.24) is 4.90 Å². The number of ether oxygens (including phenoxy) is 2. The molecule has 0 amide bonds. The minimum absolute atomic E-state index is 0.252. The van der Waals surface area contributed by atoms with Crippen LogP contribution in [0.4, 0.5) is 10.5 Å². The summed E-state index contributed by atoms with van der Waals surface area (Å²) in [6.07, 6.45) is 3.72. The van der Waals surface area contributed by atoms with Crippen molar-refractivity contribution >= 4 is 11.8 Å². The fourth-order valence-corrected chi connectivity index (χ4v) is 3.68. The molecule has 1 heterocycles. The minimum atomic E-state index is -0.759. The van der Waals surface area contributed by atoms with E-state index in [0.29, 0.717) is 5.69 Å². The zero-order valence-electron chi connectivity index (χ0n) is 17.6. The lowest BCUT2D eigenvalue weighted by molar-refractivity contribution is 0.104. The van der Waals surface area contributed by atoms with Gasteiger partial charge in [0.25, 0.3) is 0 Å². The number of likely N-dealkylation sites (tertiary alicyclic amines) is 1. The number of nitrogens with two attached hydrogens (primary N) is 1. The molecule has 30 heavy (non-hydrogen) atoms. The lowest BCUT2D eigenvalue weighted by Gasteiger charge is -2.31. The molecule has 0 aliphatic carbocycles. The Hall–Kier alpha value is -2.97. The van der Waals surface area contributed by atoms with Crippen LogP contribution in [0.25, 0.3) is 0 Å². The molecule has 2 aromatic rings. The molecule has 1 aliphatic rings. The van der Waals surface area contributed by atoms with Crippen LogP contribution in [0.2, 0.25) is 0 Å². The van der Waals surface area contributed by atoms with E-state index in [1.165, 1.54) is 24.8 Å². The second-order valence-electron chi connectivity index (χ2n) is 7.56. The molecule has 3 rings (SSSR count). The van der Waals surface area contributed by atoms with Crippen molar-refractivity contribution in [1.29, 1.82) is 0 Å². The smallest absolute Gasteiger partial charge is 0.434 e. The van der Waals surface area contributed by atoms with Crippen molar-refractivity contribution in [2.45, 2.75) is 32.6 Å². The first-order chi connectivity index (χ1) is 14.6. The van der Waals surface area contributed by atoms with Gasteiger partial charge in [-0.3, -0.25) is 0 Å². The Morgan fingerprint density at radius 1 is 1.17 bits per heavy atom. The van der Waals surface area contributed by atoms with E-state index in [-0.39, 0.29) is 12.4 Å². The highest BCUT2D eigenvalue weighted by Gasteiger charge is 2.18. The second-order valence-corrected chi connectivity index (χ2v) is 7.56. The topological polar surface area (TPSA) is 64.8 Å². The van der Waals surface area contributed by atoms with Gasteiger partial charge in [0.05, 0.1) is 12.3 Å². The number of nitrogen functional groups attached to an aromatic ring is 1. The van der Waals surface area contributed by atoms with Gasteiger partial charge < -0.3 is 20.1 Å². The highest BCUT2D eigenvalue weighted by molar-refractivity contribution is 5.68. The van der Waals surface area contributed by atoms with Crippen LogP contribution in [0.15, 0.2) is 48.5 Å². The Morgan fingerprint density at radius 3 is 2.67 bits per heavy atom. The maximum absolute atomic E-state index is 11.5. The number of nitrogens with zero attached hydrogens (tertiary/aromatic N) is 1. The van der Waals surface area contributed by atoms with Gasteiger partial charge in [0.15, 0.2) is 5.75 Å². The van der Waals surface area contributed by atoms with Crippen molar-refractivity contribution < 1.29 is 14.3 Å². The minimum Gasteiger partial charge on any atom is -0.434 e. The highest BCUT2D eigenvalue weighted by Crippen LogP contribution is 2.23. The fraction of sp³-hybridized carbons (Fsp3) is 0.400. The Bertz CT molecular complexity index is 878. The predicted molar refractivity (Wildman–Crippen MR) is 119 cm³/mol. The van der Waals surface area contributed by atoms with Gasteiger partial charge in [0, 0.05) is 18.5 Å². The maximum Gasteiger partial charge on any atom is 0.513 e. The molecular weight excluding hydrogens is 376 g/mol. The second kappa shape index (κ2) is 11.3. The number of piperidine rings is 1. The number of rotatable bonds is 6. The van der Waals surface area contributed by atoms with Gasteiger partial charge in [-0.2, -0.15) is 0 Å². The van der Waals surface area contributed by atoms with Crippen LogP contribution in [0, 0.1) is 17.8 Å². The van der Waals surface area contributed by atoms with E-state index in [1.807, 2.05) is 6.07 Å². The molecule has 0 unspecified atom stereocenters. The molecule has 0 aromatic heterocycles. The van der Waals surface area contributed by atoms with Crippen molar-refractivity contribution in [3.63, 3.8) is 0 Å². The van der Waals surface area contributed by atoms with Crippen LogP contribution in [-0.2, 0) is 11.2 Å². The molecule has 158 valence electrons. The summed E-state index contributed by atoms with van der Waals surface area (Å²) in [5, 5.41) is 0. The van der Waals surface area contributed by atoms with Gasteiger partial charge in [-0.1, -0.05) is 42.2 Å². The summed E-state index contributed by atoms with van der Waals surface area (Å²) in [4.78, 5) is 14.0. The Morgan fingerprint density at radius 2 is 1.93 bits per heavy atom. The van der Waals surface area contributed by atoms with E-state index >= 15 is 0 Å². The molecule has 5 heteroatoms. The van der Waals surface area contributed by atoms with Crippen molar-refractivity contribution in [2.24, 2.45) is 5.92 Å². The first kappa shape index (κ1) is 21.7. The van der Waals surface area contributed by atoms with Crippen LogP contribution >= 0.6 is 0 Å². The Balaban J connectivity index is 1.42. The van der Waals surface area contributed by atoms with E-state index in [4.69, 9.17) is 15.2 Å². The normalized spacial score (nSPS) is 14.6. The van der Waals surface area contributed by atoms with Gasteiger partial charge in [-0.25, -0.2) is 4.79 Å². The number of carbonyl (C=O) groups is 1. The quantitative estimate of drug-likeness (QED) is 0.331. The summed E-state index contributed by atoms with van der Waals surface area (Å²) in [6, 6.07) is 16.0. The fourth-order valence-electron chi connectivity index (χ4n) is 3.68. The molecule has 2 aromatic carbocycles. The van der Waals surface area contributed by atoms with E-state index in [9.17, 15) is 4.79 Å². The third-order valence-corrected chi connectivity index (χ3v) is 5.33. The summed E-state index contributed by atoms with van der Waals surface area (Å²) in [5.41, 5.74) is 8.45. The van der Waals surface area contributed by atoms with E-state index in [1.54, 1.807) is 19.1 Å². The third kappa shape index (κ3) is 6.82. The molecule has 5 nitrogen and oxygen atoms in total. The highest BCUT2D eigenvalue weighted by atomic mass is 16.7. The Kier molecular flexibility index (Phi) is 8.17. The summed E-state index contributed by atoms with van der Waals surface area (Å²) in [6.45, 7) is 5.23. The van der Waals surface area contributed by atoms with Gasteiger partial charge >= 0.3 is 6.16 Å². The molecule has 2 N–H and O–H groups in total. The molecule has 0 bridgehead atoms. The SMILES string of the molecule is CCOC(=O)Oc1cc(C#CCCN2CCC(Cc3ccccc3)CC2)ccc1N. The zero-order chi connectivity index (χ0) is 21.2. The summed E-state index contributed by atoms with van der Waals surface area (Å²) in [7, 11) is 0. The lowest BCUT2D eigenvalue weighted by atomic mass is 9.90. The van der Waals surface area contributed by atoms with Crippen LogP contribution in [0.5, 0.6) is 5.75 Å². The number of benzene rings is 2.